The summed E-state index contributed by atoms with van der Waals surface area (Å²) < 4.78 is 5.06. The minimum atomic E-state index is -0.340. The van der Waals surface area contributed by atoms with Gasteiger partial charge in [-0.2, -0.15) is 0 Å². The quantitative estimate of drug-likeness (QED) is 0.716. The number of thiophene rings is 1. The highest BCUT2D eigenvalue weighted by atomic mass is 32.1. The molecule has 4 N–H and O–H groups in total. The third kappa shape index (κ3) is 4.69. The number of anilines is 1. The Morgan fingerprint density at radius 3 is 2.67 bits per heavy atom. The number of carbonyl (C=O) groups excluding carboxylic acids is 2. The minimum absolute atomic E-state index is 0.0554. The van der Waals surface area contributed by atoms with Crippen LogP contribution < -0.4 is 16.4 Å². The van der Waals surface area contributed by atoms with E-state index in [-0.39, 0.29) is 23.6 Å². The van der Waals surface area contributed by atoms with E-state index in [4.69, 9.17) is 10.2 Å². The highest BCUT2D eigenvalue weighted by Gasteiger charge is 2.19. The maximum Gasteiger partial charge on any atom is 0.291 e. The molecule has 0 aromatic carbocycles. The standard InChI is InChI=1S/C17H23N3O3S/c1-10(2)7-12(9-18)19-17(22)15-11(3)8-14(24-15)20-16(21)13-5-4-6-23-13/h4-6,8,10,12H,7,9,18H2,1-3H3,(H,19,22)(H,20,21). The monoisotopic (exact) mass is 349 g/mol. The second kappa shape index (κ2) is 8.12. The van der Waals surface area contributed by atoms with E-state index in [2.05, 4.69) is 24.5 Å². The van der Waals surface area contributed by atoms with Gasteiger partial charge in [0.2, 0.25) is 0 Å². The van der Waals surface area contributed by atoms with Gasteiger partial charge in [-0.15, -0.1) is 11.3 Å². The predicted molar refractivity (Wildman–Crippen MR) is 95.5 cm³/mol. The molecule has 0 bridgehead atoms. The lowest BCUT2D eigenvalue weighted by atomic mass is 10.0. The molecule has 2 aromatic rings. The van der Waals surface area contributed by atoms with Gasteiger partial charge in [0.15, 0.2) is 5.76 Å². The molecule has 0 radical (unpaired) electrons. The molecule has 1 atom stereocenters. The molecule has 0 saturated heterocycles. The van der Waals surface area contributed by atoms with E-state index in [1.54, 1.807) is 18.2 Å². The van der Waals surface area contributed by atoms with Crippen molar-refractivity contribution in [2.24, 2.45) is 11.7 Å². The van der Waals surface area contributed by atoms with Crippen molar-refractivity contribution < 1.29 is 14.0 Å². The van der Waals surface area contributed by atoms with Gasteiger partial charge in [0.05, 0.1) is 16.1 Å². The van der Waals surface area contributed by atoms with Gasteiger partial charge in [0.1, 0.15) is 0 Å². The lowest BCUT2D eigenvalue weighted by Gasteiger charge is -2.18. The zero-order chi connectivity index (χ0) is 17.7. The maximum atomic E-state index is 12.5. The SMILES string of the molecule is Cc1cc(NC(=O)c2ccco2)sc1C(=O)NC(CN)CC(C)C. The smallest absolute Gasteiger partial charge is 0.291 e. The van der Waals surface area contributed by atoms with Gasteiger partial charge in [-0.05, 0) is 43.0 Å². The first kappa shape index (κ1) is 18.2. The molecule has 2 amide bonds. The van der Waals surface area contributed by atoms with Crippen molar-refractivity contribution in [3.63, 3.8) is 0 Å². The Morgan fingerprint density at radius 2 is 2.08 bits per heavy atom. The van der Waals surface area contributed by atoms with Crippen LogP contribution in [0.2, 0.25) is 0 Å². The number of furan rings is 1. The van der Waals surface area contributed by atoms with Crippen LogP contribution >= 0.6 is 11.3 Å². The van der Waals surface area contributed by atoms with Crippen molar-refractivity contribution in [1.82, 2.24) is 5.32 Å². The van der Waals surface area contributed by atoms with Gasteiger partial charge >= 0.3 is 0 Å². The molecule has 6 nitrogen and oxygen atoms in total. The summed E-state index contributed by atoms with van der Waals surface area (Å²) in [5.74, 6) is 0.179. The van der Waals surface area contributed by atoms with Gasteiger partial charge in [-0.3, -0.25) is 9.59 Å². The van der Waals surface area contributed by atoms with Gasteiger partial charge in [-0.1, -0.05) is 13.8 Å². The molecule has 0 fully saturated rings. The number of hydrogen-bond acceptors (Lipinski definition) is 5. The van der Waals surface area contributed by atoms with Crippen LogP contribution in [0.1, 0.15) is 46.1 Å². The Kier molecular flexibility index (Phi) is 6.16. The van der Waals surface area contributed by atoms with Crippen molar-refractivity contribution in [3.05, 3.63) is 40.7 Å². The second-order valence-electron chi connectivity index (χ2n) is 6.09. The number of nitrogens with two attached hydrogens (primary N) is 1. The molecular weight excluding hydrogens is 326 g/mol. The Bertz CT molecular complexity index is 692. The average Bonchev–Trinajstić information content (AvgIpc) is 3.15. The first-order chi connectivity index (χ1) is 11.4. The summed E-state index contributed by atoms with van der Waals surface area (Å²) in [6.07, 6.45) is 2.27. The topological polar surface area (TPSA) is 97.4 Å². The fraction of sp³-hybridized carbons (Fsp3) is 0.412. The summed E-state index contributed by atoms with van der Waals surface area (Å²) in [5, 5.41) is 6.31. The molecule has 0 aliphatic heterocycles. The number of carbonyl (C=O) groups is 2. The van der Waals surface area contributed by atoms with E-state index < -0.39 is 0 Å². The number of rotatable bonds is 7. The Hall–Kier alpha value is -2.12. The first-order valence-corrected chi connectivity index (χ1v) is 8.68. The van der Waals surface area contributed by atoms with Gasteiger partial charge < -0.3 is 20.8 Å². The first-order valence-electron chi connectivity index (χ1n) is 7.87. The van der Waals surface area contributed by atoms with Crippen LogP contribution in [0, 0.1) is 12.8 Å². The normalized spacial score (nSPS) is 12.2. The van der Waals surface area contributed by atoms with Crippen LogP contribution in [0.15, 0.2) is 28.9 Å². The second-order valence-corrected chi connectivity index (χ2v) is 7.14. The molecular formula is C17H23N3O3S. The predicted octanol–water partition coefficient (Wildman–Crippen LogP) is 3.01. The van der Waals surface area contributed by atoms with Crippen LogP contribution in [0.25, 0.3) is 0 Å². The number of amides is 2. The fourth-order valence-electron chi connectivity index (χ4n) is 2.38. The molecule has 2 heterocycles. The molecule has 2 aromatic heterocycles. The van der Waals surface area contributed by atoms with Crippen LogP contribution in [0.4, 0.5) is 5.00 Å². The van der Waals surface area contributed by atoms with Crippen molar-refractivity contribution >= 4 is 28.2 Å². The molecule has 0 aliphatic carbocycles. The summed E-state index contributed by atoms with van der Waals surface area (Å²) in [6.45, 7) is 6.42. The van der Waals surface area contributed by atoms with E-state index in [1.807, 2.05) is 6.92 Å². The largest absolute Gasteiger partial charge is 0.459 e. The van der Waals surface area contributed by atoms with E-state index in [0.29, 0.717) is 22.3 Å². The van der Waals surface area contributed by atoms with Crippen LogP contribution in [0.3, 0.4) is 0 Å². The highest BCUT2D eigenvalue weighted by Crippen LogP contribution is 2.27. The van der Waals surface area contributed by atoms with Gasteiger partial charge in [-0.25, -0.2) is 0 Å². The van der Waals surface area contributed by atoms with Gasteiger partial charge in [0, 0.05) is 12.6 Å². The van der Waals surface area contributed by atoms with Gasteiger partial charge in [0.25, 0.3) is 11.8 Å². The van der Waals surface area contributed by atoms with E-state index in [9.17, 15) is 9.59 Å². The fourth-order valence-corrected chi connectivity index (χ4v) is 3.36. The minimum Gasteiger partial charge on any atom is -0.459 e. The maximum absolute atomic E-state index is 12.5. The molecule has 7 heteroatoms. The third-order valence-electron chi connectivity index (χ3n) is 3.48. The molecule has 0 saturated carbocycles. The average molecular weight is 349 g/mol. The molecule has 130 valence electrons. The van der Waals surface area contributed by atoms with Crippen molar-refractivity contribution in [3.8, 4) is 0 Å². The number of aryl methyl sites for hydroxylation is 1. The van der Waals surface area contributed by atoms with E-state index in [1.165, 1.54) is 17.6 Å². The van der Waals surface area contributed by atoms with E-state index >= 15 is 0 Å². The molecule has 24 heavy (non-hydrogen) atoms. The van der Waals surface area contributed by atoms with Crippen molar-refractivity contribution in [2.45, 2.75) is 33.2 Å². The molecule has 1 unspecified atom stereocenters. The summed E-state index contributed by atoms with van der Waals surface area (Å²) in [6, 6.07) is 4.96. The molecule has 0 aliphatic rings. The summed E-state index contributed by atoms with van der Waals surface area (Å²) in [7, 11) is 0. The number of hydrogen-bond donors (Lipinski definition) is 3. The Labute approximate surface area is 145 Å². The Balaban J connectivity index is 2.04. The molecule has 2 rings (SSSR count). The zero-order valence-corrected chi connectivity index (χ0v) is 14.9. The lowest BCUT2D eigenvalue weighted by molar-refractivity contribution is 0.0936. The summed E-state index contributed by atoms with van der Waals surface area (Å²) in [5.41, 5.74) is 6.54. The van der Waals surface area contributed by atoms with E-state index in [0.717, 1.165) is 12.0 Å². The third-order valence-corrected chi connectivity index (χ3v) is 4.63. The Morgan fingerprint density at radius 1 is 1.33 bits per heavy atom. The highest BCUT2D eigenvalue weighted by molar-refractivity contribution is 7.18. The van der Waals surface area contributed by atoms with Crippen LogP contribution in [-0.2, 0) is 0 Å². The van der Waals surface area contributed by atoms with Crippen molar-refractivity contribution in [2.75, 3.05) is 11.9 Å². The number of nitrogens with one attached hydrogen (secondary N) is 2. The summed E-state index contributed by atoms with van der Waals surface area (Å²) >= 11 is 1.24. The molecule has 0 spiro atoms. The van der Waals surface area contributed by atoms with Crippen LogP contribution in [0.5, 0.6) is 0 Å². The van der Waals surface area contributed by atoms with Crippen molar-refractivity contribution in [1.29, 1.82) is 0 Å². The zero-order valence-electron chi connectivity index (χ0n) is 14.1. The lowest BCUT2D eigenvalue weighted by Crippen LogP contribution is -2.40. The summed E-state index contributed by atoms with van der Waals surface area (Å²) in [4.78, 5) is 25.0. The van der Waals surface area contributed by atoms with Crippen LogP contribution in [-0.4, -0.2) is 24.4 Å².